The lowest BCUT2D eigenvalue weighted by molar-refractivity contribution is 0.245. The molecular weight excluding hydrogens is 142 g/mol. The van der Waals surface area contributed by atoms with Gasteiger partial charge in [-0.1, -0.05) is 25.6 Å². The van der Waals surface area contributed by atoms with Crippen molar-refractivity contribution in [3.63, 3.8) is 0 Å². The van der Waals surface area contributed by atoms with E-state index in [-0.39, 0.29) is 5.54 Å². The van der Waals surface area contributed by atoms with Gasteiger partial charge in [-0.05, 0) is 20.3 Å². The molecule has 0 unspecified atom stereocenters. The third-order valence-corrected chi connectivity index (χ3v) is 2.18. The summed E-state index contributed by atoms with van der Waals surface area (Å²) >= 11 is 4.71. The van der Waals surface area contributed by atoms with Crippen LogP contribution >= 0.6 is 12.2 Å². The third-order valence-electron chi connectivity index (χ3n) is 1.91. The van der Waals surface area contributed by atoms with Crippen molar-refractivity contribution in [2.75, 3.05) is 7.05 Å². The SMILES string of the molecule is CCCC(C)(C)N(C)[C]=S. The molecule has 0 aliphatic carbocycles. The maximum atomic E-state index is 4.71. The average Bonchev–Trinajstić information content (AvgIpc) is 1.86. The summed E-state index contributed by atoms with van der Waals surface area (Å²) in [6.07, 6.45) is 2.35. The van der Waals surface area contributed by atoms with E-state index in [1.165, 1.54) is 6.42 Å². The van der Waals surface area contributed by atoms with Crippen molar-refractivity contribution in [1.82, 2.24) is 4.90 Å². The topological polar surface area (TPSA) is 3.24 Å². The Labute approximate surface area is 69.4 Å². The fraction of sp³-hybridized carbons (Fsp3) is 0.875. The summed E-state index contributed by atoms with van der Waals surface area (Å²) in [7, 11) is 1.97. The highest BCUT2D eigenvalue weighted by molar-refractivity contribution is 7.78. The third kappa shape index (κ3) is 2.65. The van der Waals surface area contributed by atoms with Gasteiger partial charge in [0.15, 0.2) is 0 Å². The van der Waals surface area contributed by atoms with Crippen molar-refractivity contribution >= 4 is 17.7 Å². The van der Waals surface area contributed by atoms with E-state index >= 15 is 0 Å². The van der Waals surface area contributed by atoms with Crippen molar-refractivity contribution in [1.29, 1.82) is 0 Å². The van der Waals surface area contributed by atoms with Crippen LogP contribution < -0.4 is 0 Å². The molecule has 0 fully saturated rings. The van der Waals surface area contributed by atoms with Crippen molar-refractivity contribution < 1.29 is 0 Å². The van der Waals surface area contributed by atoms with Crippen LogP contribution in [0, 0.1) is 0 Å². The Morgan fingerprint density at radius 1 is 1.50 bits per heavy atom. The Morgan fingerprint density at radius 3 is 2.30 bits per heavy atom. The first-order valence-corrected chi connectivity index (χ1v) is 4.07. The van der Waals surface area contributed by atoms with Crippen LogP contribution in [0.15, 0.2) is 0 Å². The normalized spacial score (nSPS) is 11.2. The lowest BCUT2D eigenvalue weighted by atomic mass is 9.98. The van der Waals surface area contributed by atoms with E-state index in [0.29, 0.717) is 0 Å². The zero-order chi connectivity index (χ0) is 8.20. The Kier molecular flexibility index (Phi) is 3.87. The van der Waals surface area contributed by atoms with Crippen LogP contribution in [0.1, 0.15) is 33.6 Å². The Balaban J connectivity index is 3.94. The van der Waals surface area contributed by atoms with E-state index in [1.807, 2.05) is 11.9 Å². The Hall–Kier alpha value is -0.110. The second kappa shape index (κ2) is 3.91. The standard InChI is InChI=1S/C8H16NS/c1-5-6-8(2,3)9(4)7-10/h5-6H2,1-4H3. The van der Waals surface area contributed by atoms with E-state index in [4.69, 9.17) is 12.2 Å². The smallest absolute Gasteiger partial charge is 0.137 e. The van der Waals surface area contributed by atoms with E-state index in [1.54, 1.807) is 0 Å². The van der Waals surface area contributed by atoms with Gasteiger partial charge in [0.25, 0.3) is 0 Å². The summed E-state index contributed by atoms with van der Waals surface area (Å²) in [5.74, 6) is 0. The second-order valence-electron chi connectivity index (χ2n) is 3.21. The van der Waals surface area contributed by atoms with Gasteiger partial charge in [-0.3, -0.25) is 0 Å². The number of hydrogen-bond donors (Lipinski definition) is 0. The molecule has 0 amide bonds. The molecule has 0 atom stereocenters. The fourth-order valence-corrected chi connectivity index (χ4v) is 1.15. The van der Waals surface area contributed by atoms with Gasteiger partial charge in [-0.25, -0.2) is 0 Å². The first-order valence-electron chi connectivity index (χ1n) is 3.66. The molecule has 0 spiro atoms. The van der Waals surface area contributed by atoms with Crippen LogP contribution in [-0.2, 0) is 0 Å². The van der Waals surface area contributed by atoms with Crippen molar-refractivity contribution in [2.45, 2.75) is 39.2 Å². The summed E-state index contributed by atoms with van der Waals surface area (Å²) in [6.45, 7) is 6.53. The highest BCUT2D eigenvalue weighted by Crippen LogP contribution is 2.16. The molecule has 0 rings (SSSR count). The van der Waals surface area contributed by atoms with E-state index in [0.717, 1.165) is 6.42 Å². The van der Waals surface area contributed by atoms with E-state index in [2.05, 4.69) is 26.3 Å². The van der Waals surface area contributed by atoms with Crippen LogP contribution in [0.3, 0.4) is 0 Å². The van der Waals surface area contributed by atoms with Gasteiger partial charge in [-0.15, -0.1) is 0 Å². The van der Waals surface area contributed by atoms with Crippen LogP contribution in [0.4, 0.5) is 0 Å². The van der Waals surface area contributed by atoms with Gasteiger partial charge < -0.3 is 4.90 Å². The molecule has 0 aromatic heterocycles. The summed E-state index contributed by atoms with van der Waals surface area (Å²) in [6, 6.07) is 0. The molecule has 2 heteroatoms. The zero-order valence-corrected chi connectivity index (χ0v) is 8.09. The molecule has 0 saturated carbocycles. The van der Waals surface area contributed by atoms with Crippen molar-refractivity contribution in [2.24, 2.45) is 0 Å². The van der Waals surface area contributed by atoms with Crippen molar-refractivity contribution in [3.8, 4) is 0 Å². The largest absolute Gasteiger partial charge is 0.358 e. The number of rotatable bonds is 4. The van der Waals surface area contributed by atoms with Crippen LogP contribution in [0.2, 0.25) is 0 Å². The lowest BCUT2D eigenvalue weighted by Gasteiger charge is -2.33. The number of thiocarbonyl (C=S) groups is 1. The van der Waals surface area contributed by atoms with Crippen molar-refractivity contribution in [3.05, 3.63) is 0 Å². The Bertz CT molecular complexity index is 110. The van der Waals surface area contributed by atoms with Gasteiger partial charge in [0.05, 0.1) is 0 Å². The lowest BCUT2D eigenvalue weighted by Crippen LogP contribution is -2.39. The molecule has 1 radical (unpaired) electrons. The predicted octanol–water partition coefficient (Wildman–Crippen LogP) is 2.33. The van der Waals surface area contributed by atoms with Crippen LogP contribution in [0.25, 0.3) is 0 Å². The minimum Gasteiger partial charge on any atom is -0.358 e. The van der Waals surface area contributed by atoms with Gasteiger partial charge >= 0.3 is 0 Å². The molecule has 0 aliphatic heterocycles. The zero-order valence-electron chi connectivity index (χ0n) is 7.27. The minimum absolute atomic E-state index is 0.177. The molecule has 0 N–H and O–H groups in total. The number of nitrogens with zero attached hydrogens (tertiary/aromatic N) is 1. The fourth-order valence-electron chi connectivity index (χ4n) is 0.903. The molecule has 59 valence electrons. The Morgan fingerprint density at radius 2 is 2.00 bits per heavy atom. The molecule has 1 nitrogen and oxygen atoms in total. The molecule has 0 bridgehead atoms. The van der Waals surface area contributed by atoms with E-state index in [9.17, 15) is 0 Å². The van der Waals surface area contributed by atoms with E-state index < -0.39 is 0 Å². The summed E-state index contributed by atoms with van der Waals surface area (Å²) in [5, 5.41) is 0. The summed E-state index contributed by atoms with van der Waals surface area (Å²) < 4.78 is 0. The molecule has 0 heterocycles. The predicted molar refractivity (Wildman–Crippen MR) is 49.3 cm³/mol. The molecular formula is C8H16NS. The highest BCUT2D eigenvalue weighted by Gasteiger charge is 2.19. The second-order valence-corrected chi connectivity index (χ2v) is 3.40. The highest BCUT2D eigenvalue weighted by atomic mass is 32.1. The van der Waals surface area contributed by atoms with Gasteiger partial charge in [0, 0.05) is 12.6 Å². The number of hydrogen-bond acceptors (Lipinski definition) is 1. The first-order chi connectivity index (χ1) is 4.54. The summed E-state index contributed by atoms with van der Waals surface area (Å²) in [4.78, 5) is 1.96. The maximum absolute atomic E-state index is 4.71. The molecule has 0 aliphatic rings. The summed E-state index contributed by atoms with van der Waals surface area (Å²) in [5.41, 5.74) is 2.88. The minimum atomic E-state index is 0.177. The van der Waals surface area contributed by atoms with Gasteiger partial charge in [-0.2, -0.15) is 0 Å². The quantitative estimate of drug-likeness (QED) is 0.456. The van der Waals surface area contributed by atoms with Gasteiger partial charge in [0.2, 0.25) is 0 Å². The molecule has 0 saturated heterocycles. The van der Waals surface area contributed by atoms with Crippen LogP contribution in [0.5, 0.6) is 0 Å². The monoisotopic (exact) mass is 158 g/mol. The molecule has 0 aromatic carbocycles. The molecule has 0 aromatic rings. The maximum Gasteiger partial charge on any atom is 0.137 e. The van der Waals surface area contributed by atoms with Gasteiger partial charge in [0.1, 0.15) is 5.49 Å². The first kappa shape index (κ1) is 9.89. The van der Waals surface area contributed by atoms with Crippen LogP contribution in [-0.4, -0.2) is 23.0 Å². The average molecular weight is 158 g/mol. The molecule has 10 heavy (non-hydrogen) atoms.